The minimum Gasteiger partial charge on any atom is -0.456 e. The van der Waals surface area contributed by atoms with Crippen LogP contribution in [-0.2, 0) is 10.8 Å². The van der Waals surface area contributed by atoms with Crippen molar-refractivity contribution in [2.75, 3.05) is 9.80 Å². The van der Waals surface area contributed by atoms with Crippen LogP contribution in [0.5, 0.6) is 0 Å². The van der Waals surface area contributed by atoms with E-state index >= 15 is 0 Å². The van der Waals surface area contributed by atoms with E-state index < -0.39 is 0 Å². The third kappa shape index (κ3) is 10.1. The maximum absolute atomic E-state index is 6.16. The lowest BCUT2D eigenvalue weighted by Gasteiger charge is -2.29. The Morgan fingerprint density at radius 2 is 0.562 bits per heavy atom. The van der Waals surface area contributed by atoms with E-state index in [0.717, 1.165) is 100 Å². The van der Waals surface area contributed by atoms with Crippen LogP contribution < -0.4 is 9.80 Å². The number of rotatable bonds is 10. The number of furan rings is 2. The van der Waals surface area contributed by atoms with Crippen LogP contribution >= 0.6 is 0 Å². The lowest BCUT2D eigenvalue weighted by Crippen LogP contribution is -2.16. The van der Waals surface area contributed by atoms with Gasteiger partial charge in [0.05, 0.1) is 33.4 Å². The van der Waals surface area contributed by atoms with Crippen LogP contribution in [0.3, 0.4) is 0 Å². The molecule has 0 saturated heterocycles. The molecular formula is C106H74N4O2. The molecule has 23 rings (SSSR count). The number of hydrogen-bond donors (Lipinski definition) is 0. The molecule has 2 aliphatic rings. The van der Waals surface area contributed by atoms with E-state index in [1.54, 1.807) is 0 Å². The molecule has 6 heteroatoms. The first-order chi connectivity index (χ1) is 55.1. The predicted octanol–water partition coefficient (Wildman–Crippen LogP) is 29.4. The lowest BCUT2D eigenvalue weighted by atomic mass is 9.82. The Balaban J connectivity index is 0.000000138. The molecule has 17 aromatic carbocycles. The maximum Gasteiger partial charge on any atom is 0.135 e. The molecule has 0 fully saturated rings. The maximum atomic E-state index is 6.16. The molecule has 0 radical (unpaired) electrons. The summed E-state index contributed by atoms with van der Waals surface area (Å²) < 4.78 is 17.1. The molecule has 530 valence electrons. The first kappa shape index (κ1) is 64.9. The van der Waals surface area contributed by atoms with Gasteiger partial charge in [0.1, 0.15) is 22.3 Å². The number of hydrogen-bond acceptors (Lipinski definition) is 4. The largest absolute Gasteiger partial charge is 0.456 e. The van der Waals surface area contributed by atoms with Crippen molar-refractivity contribution < 1.29 is 8.83 Å². The van der Waals surface area contributed by atoms with E-state index in [4.69, 9.17) is 8.83 Å². The molecule has 0 amide bonds. The predicted molar refractivity (Wildman–Crippen MR) is 469 cm³/mol. The van der Waals surface area contributed by atoms with Crippen molar-refractivity contribution in [1.29, 1.82) is 0 Å². The number of anilines is 6. The van der Waals surface area contributed by atoms with Gasteiger partial charge in [0.25, 0.3) is 0 Å². The van der Waals surface area contributed by atoms with Gasteiger partial charge in [-0.25, -0.2) is 0 Å². The summed E-state index contributed by atoms with van der Waals surface area (Å²) in [5, 5.41) is 12.0. The molecule has 0 unspecified atom stereocenters. The van der Waals surface area contributed by atoms with Gasteiger partial charge in [-0.1, -0.05) is 258 Å². The highest BCUT2D eigenvalue weighted by atomic mass is 16.3. The molecular weight excluding hydrogens is 1360 g/mol. The van der Waals surface area contributed by atoms with Crippen molar-refractivity contribution in [2.45, 2.75) is 38.5 Å². The summed E-state index contributed by atoms with van der Waals surface area (Å²) in [4.78, 5) is 4.85. The van der Waals surface area contributed by atoms with Crippen molar-refractivity contribution in [2.24, 2.45) is 0 Å². The summed E-state index contributed by atoms with van der Waals surface area (Å²) >= 11 is 0. The number of para-hydroxylation sites is 6. The Bertz CT molecular complexity index is 7280. The van der Waals surface area contributed by atoms with Gasteiger partial charge in [0, 0.05) is 98.8 Å². The van der Waals surface area contributed by atoms with Crippen LogP contribution in [0.1, 0.15) is 49.9 Å². The number of benzene rings is 17. The van der Waals surface area contributed by atoms with Gasteiger partial charge in [0.2, 0.25) is 0 Å². The van der Waals surface area contributed by atoms with Crippen LogP contribution in [0, 0.1) is 0 Å². The van der Waals surface area contributed by atoms with E-state index in [2.05, 4.69) is 398 Å². The molecule has 2 aliphatic carbocycles. The zero-order valence-corrected chi connectivity index (χ0v) is 62.4. The van der Waals surface area contributed by atoms with Crippen LogP contribution in [0.2, 0.25) is 0 Å². The van der Waals surface area contributed by atoms with E-state index in [1.165, 1.54) is 110 Å². The first-order valence-electron chi connectivity index (χ1n) is 38.8. The smallest absolute Gasteiger partial charge is 0.135 e. The van der Waals surface area contributed by atoms with E-state index in [-0.39, 0.29) is 10.8 Å². The highest BCUT2D eigenvalue weighted by molar-refractivity contribution is 6.14. The Labute approximate surface area is 648 Å². The summed E-state index contributed by atoms with van der Waals surface area (Å²) in [6.07, 6.45) is 0. The van der Waals surface area contributed by atoms with Crippen molar-refractivity contribution in [3.8, 4) is 55.9 Å². The zero-order valence-electron chi connectivity index (χ0n) is 62.4. The average Bonchev–Trinajstić information content (AvgIpc) is 1.51. The summed E-state index contributed by atoms with van der Waals surface area (Å²) in [6.45, 7) is 9.41. The monoisotopic (exact) mass is 1430 g/mol. The average molecular weight is 1440 g/mol. The van der Waals surface area contributed by atoms with Crippen molar-refractivity contribution in [3.05, 3.63) is 398 Å². The highest BCUT2D eigenvalue weighted by Gasteiger charge is 2.38. The van der Waals surface area contributed by atoms with Crippen molar-refractivity contribution >= 4 is 132 Å². The molecule has 0 saturated carbocycles. The zero-order chi connectivity index (χ0) is 74.5. The minimum atomic E-state index is -0.129. The molecule has 6 nitrogen and oxygen atoms in total. The van der Waals surface area contributed by atoms with Crippen molar-refractivity contribution in [3.63, 3.8) is 0 Å². The fourth-order valence-corrected chi connectivity index (χ4v) is 18.7. The second-order valence-electron chi connectivity index (χ2n) is 31.1. The Morgan fingerprint density at radius 1 is 0.223 bits per heavy atom. The van der Waals surface area contributed by atoms with E-state index in [9.17, 15) is 0 Å². The van der Waals surface area contributed by atoms with Gasteiger partial charge in [-0.15, -0.1) is 0 Å². The van der Waals surface area contributed by atoms with E-state index in [1.807, 2.05) is 24.3 Å². The molecule has 0 N–H and O–H groups in total. The molecule has 0 bridgehead atoms. The van der Waals surface area contributed by atoms with Gasteiger partial charge in [-0.05, 0) is 212 Å². The lowest BCUT2D eigenvalue weighted by molar-refractivity contribution is 0.660. The molecule has 0 atom stereocenters. The summed E-state index contributed by atoms with van der Waals surface area (Å²) in [5.74, 6) is 0. The van der Waals surface area contributed by atoms with Crippen LogP contribution in [0.15, 0.2) is 385 Å². The van der Waals surface area contributed by atoms with Gasteiger partial charge in [-0.3, -0.25) is 0 Å². The molecule has 0 spiro atoms. The quantitative estimate of drug-likeness (QED) is 0.137. The van der Waals surface area contributed by atoms with Crippen molar-refractivity contribution in [1.82, 2.24) is 9.13 Å². The number of aromatic nitrogens is 2. The normalized spacial score (nSPS) is 13.1. The van der Waals surface area contributed by atoms with Gasteiger partial charge in [0.15, 0.2) is 0 Å². The molecule has 4 aromatic heterocycles. The molecule has 112 heavy (non-hydrogen) atoms. The molecule has 4 heterocycles. The van der Waals surface area contributed by atoms with Crippen LogP contribution in [0.25, 0.3) is 154 Å². The Hall–Kier alpha value is -14.2. The number of fused-ring (bicyclic) bond motifs is 19. The van der Waals surface area contributed by atoms with Gasteiger partial charge < -0.3 is 27.8 Å². The molecule has 0 aliphatic heterocycles. The second-order valence-corrected chi connectivity index (χ2v) is 31.1. The van der Waals surface area contributed by atoms with E-state index in [0.29, 0.717) is 0 Å². The Morgan fingerprint density at radius 3 is 1.04 bits per heavy atom. The van der Waals surface area contributed by atoms with Gasteiger partial charge >= 0.3 is 0 Å². The third-order valence-corrected chi connectivity index (χ3v) is 24.2. The highest BCUT2D eigenvalue weighted by Crippen LogP contribution is 2.54. The SMILES string of the molecule is CC1(C)c2ccccc2-c2ccc(N(c3ccc(-c4ccc5oc6ccccc6c5c4)cc3)c3ccc(-n4c5ccccc5c5ccccc54)c4ccccc34)cc21.CC1(C)c2ccccc2-c2ccc(N(c3ccc(-c4ccc5oc6ccccc6c5c4)cc3)c3ccc(-n4c5ccccc5c5ccccc54)cc3)cc21. The third-order valence-electron chi connectivity index (χ3n) is 24.2. The first-order valence-corrected chi connectivity index (χ1v) is 38.8. The van der Waals surface area contributed by atoms with Crippen LogP contribution in [0.4, 0.5) is 34.1 Å². The molecule has 21 aromatic rings. The fourth-order valence-electron chi connectivity index (χ4n) is 18.7. The fraction of sp³-hybridized carbons (Fsp3) is 0.0566. The van der Waals surface area contributed by atoms with Gasteiger partial charge in [-0.2, -0.15) is 0 Å². The minimum absolute atomic E-state index is 0.103. The van der Waals surface area contributed by atoms with Crippen LogP contribution in [-0.4, -0.2) is 9.13 Å². The number of nitrogens with zero attached hydrogens (tertiary/aromatic N) is 4. The standard InChI is InChI=1S/C55H38N2O.C51H36N2O/c1-55(2)47-19-9-5-13-39(47)40-29-28-38(34-48(40)55)56(37-26-23-35(24-27-37)36-25-32-54-46(33-36)45-18-8-12-22-53(45)58-54)51-30-31-52(44-15-4-3-14-43(44)51)57-49-20-10-6-16-41(49)42-17-7-11-21-50(42)57;1-51(2)45-15-7-3-11-39(45)40-29-28-38(32-46(40)51)52(35-22-19-33(20-23-35)34-21-30-50-44(31-34)43-14-6-10-18-49(43)54-50)36-24-26-37(27-25-36)53-47-16-8-4-12-41(47)42-13-5-9-17-48(42)53/h3-34H,1-2H3;3-32H,1-2H3. The topological polar surface area (TPSA) is 42.6 Å². The summed E-state index contributed by atoms with van der Waals surface area (Å²) in [6, 6.07) is 137. The second kappa shape index (κ2) is 25.2. The Kier molecular flexibility index (Phi) is 14.6. The summed E-state index contributed by atoms with van der Waals surface area (Å²) in [7, 11) is 0. The summed E-state index contributed by atoms with van der Waals surface area (Å²) in [5.41, 5.74) is 32.7.